The number of aromatic nitrogens is 2. The van der Waals surface area contributed by atoms with Crippen molar-refractivity contribution < 1.29 is 22.9 Å². The first kappa shape index (κ1) is 17.7. The molecule has 136 valence electrons. The monoisotopic (exact) mass is 359 g/mol. The van der Waals surface area contributed by atoms with E-state index in [-0.39, 0.29) is 36.5 Å². The zero-order valence-electron chi connectivity index (χ0n) is 14.4. The maximum atomic E-state index is 12.8. The number of halogens is 1. The van der Waals surface area contributed by atoms with Crippen molar-refractivity contribution in [3.05, 3.63) is 65.5 Å². The summed E-state index contributed by atoms with van der Waals surface area (Å²) in [6.07, 6.45) is 1.25. The summed E-state index contributed by atoms with van der Waals surface area (Å²) in [5, 5.41) is 6.61. The number of hydrogen-bond acceptors (Lipinski definition) is 6. The van der Waals surface area contributed by atoms with E-state index in [4.69, 9.17) is 13.7 Å². The van der Waals surface area contributed by atoms with Gasteiger partial charge in [-0.2, -0.15) is 0 Å². The molecule has 0 aliphatic rings. The summed E-state index contributed by atoms with van der Waals surface area (Å²) in [7, 11) is 0. The van der Waals surface area contributed by atoms with E-state index in [0.29, 0.717) is 11.5 Å². The molecule has 3 rings (SSSR count). The fraction of sp³-hybridized carbons (Fsp3) is 0.278. The summed E-state index contributed by atoms with van der Waals surface area (Å²) >= 11 is 0. The van der Waals surface area contributed by atoms with Crippen molar-refractivity contribution in [3.8, 4) is 5.75 Å². The zero-order chi connectivity index (χ0) is 18.5. The predicted octanol–water partition coefficient (Wildman–Crippen LogP) is 3.43. The van der Waals surface area contributed by atoms with Crippen molar-refractivity contribution >= 4 is 5.91 Å². The van der Waals surface area contributed by atoms with Gasteiger partial charge in [0.25, 0.3) is 5.91 Å². The topological polar surface area (TPSA) is 90.4 Å². The molecule has 7 nitrogen and oxygen atoms in total. The second-order valence-corrected chi connectivity index (χ2v) is 5.92. The molecule has 0 saturated heterocycles. The molecule has 1 aromatic carbocycles. The normalized spacial score (nSPS) is 10.9. The van der Waals surface area contributed by atoms with Gasteiger partial charge in [0.05, 0.1) is 12.2 Å². The lowest BCUT2D eigenvalue weighted by atomic mass is 10.1. The number of nitrogens with one attached hydrogen (secondary N) is 1. The van der Waals surface area contributed by atoms with Crippen LogP contribution < -0.4 is 10.1 Å². The molecule has 2 aromatic heterocycles. The van der Waals surface area contributed by atoms with E-state index in [1.807, 2.05) is 13.8 Å². The van der Waals surface area contributed by atoms with Crippen molar-refractivity contribution in [1.29, 1.82) is 0 Å². The van der Waals surface area contributed by atoms with E-state index < -0.39 is 5.91 Å². The van der Waals surface area contributed by atoms with Crippen LogP contribution in [-0.4, -0.2) is 16.0 Å². The largest absolute Gasteiger partial charge is 0.484 e. The summed E-state index contributed by atoms with van der Waals surface area (Å²) in [6.45, 7) is 4.24. The molecular formula is C18H18FN3O4. The van der Waals surface area contributed by atoms with Crippen LogP contribution in [0.1, 0.15) is 47.6 Å². The third-order valence-electron chi connectivity index (χ3n) is 3.55. The standard InChI is InChI=1S/C18H18FN3O4/c1-11(2)15-7-14(26-22-15)8-20-18(23)16-9-25-17(21-16)10-24-13-5-3-12(19)4-6-13/h3-7,9,11H,8,10H2,1-2H3,(H,20,23). The van der Waals surface area contributed by atoms with E-state index in [1.54, 1.807) is 6.07 Å². The fourth-order valence-electron chi connectivity index (χ4n) is 2.10. The number of hydrogen-bond donors (Lipinski definition) is 1. The summed E-state index contributed by atoms with van der Waals surface area (Å²) in [5.74, 6) is 0.778. The minimum Gasteiger partial charge on any atom is -0.484 e. The van der Waals surface area contributed by atoms with Gasteiger partial charge in [-0.3, -0.25) is 4.79 Å². The third kappa shape index (κ3) is 4.47. The number of amides is 1. The third-order valence-corrected chi connectivity index (χ3v) is 3.55. The van der Waals surface area contributed by atoms with Gasteiger partial charge in [-0.25, -0.2) is 9.37 Å². The highest BCUT2D eigenvalue weighted by molar-refractivity contribution is 5.91. The van der Waals surface area contributed by atoms with Gasteiger partial charge >= 0.3 is 0 Å². The van der Waals surface area contributed by atoms with Crippen LogP contribution in [0.5, 0.6) is 5.75 Å². The number of rotatable bonds is 7. The number of oxazole rings is 1. The molecular weight excluding hydrogens is 341 g/mol. The first-order valence-corrected chi connectivity index (χ1v) is 8.07. The second-order valence-electron chi connectivity index (χ2n) is 5.92. The molecule has 1 N–H and O–H groups in total. The fourth-order valence-corrected chi connectivity index (χ4v) is 2.10. The van der Waals surface area contributed by atoms with Gasteiger partial charge < -0.3 is 19.0 Å². The second kappa shape index (κ2) is 7.81. The minimum atomic E-state index is -0.399. The Labute approximate surface area is 149 Å². The van der Waals surface area contributed by atoms with Crippen LogP contribution in [0.2, 0.25) is 0 Å². The van der Waals surface area contributed by atoms with E-state index in [2.05, 4.69) is 15.5 Å². The van der Waals surface area contributed by atoms with Crippen LogP contribution in [0.4, 0.5) is 4.39 Å². The van der Waals surface area contributed by atoms with Crippen molar-refractivity contribution in [2.24, 2.45) is 0 Å². The van der Waals surface area contributed by atoms with Gasteiger partial charge in [0.2, 0.25) is 5.89 Å². The van der Waals surface area contributed by atoms with E-state index in [0.717, 1.165) is 5.69 Å². The van der Waals surface area contributed by atoms with E-state index in [9.17, 15) is 9.18 Å². The van der Waals surface area contributed by atoms with Crippen molar-refractivity contribution in [1.82, 2.24) is 15.5 Å². The van der Waals surface area contributed by atoms with Gasteiger partial charge in [0, 0.05) is 6.07 Å². The average molecular weight is 359 g/mol. The molecule has 0 spiro atoms. The summed E-state index contributed by atoms with van der Waals surface area (Å²) in [6, 6.07) is 7.37. The minimum absolute atomic E-state index is 0.0266. The first-order chi connectivity index (χ1) is 12.5. The van der Waals surface area contributed by atoms with Crippen LogP contribution in [-0.2, 0) is 13.2 Å². The number of ether oxygens (including phenoxy) is 1. The Morgan fingerprint density at radius 2 is 2.08 bits per heavy atom. The highest BCUT2D eigenvalue weighted by Crippen LogP contribution is 2.15. The lowest BCUT2D eigenvalue weighted by Crippen LogP contribution is -2.23. The van der Waals surface area contributed by atoms with Crippen molar-refractivity contribution in [2.45, 2.75) is 32.9 Å². The molecule has 0 saturated carbocycles. The summed E-state index contributed by atoms with van der Waals surface area (Å²) < 4.78 is 28.6. The molecule has 8 heteroatoms. The highest BCUT2D eigenvalue weighted by atomic mass is 19.1. The molecule has 0 fully saturated rings. The Morgan fingerprint density at radius 1 is 1.31 bits per heavy atom. The molecule has 0 bridgehead atoms. The Kier molecular flexibility index (Phi) is 5.31. The van der Waals surface area contributed by atoms with E-state index >= 15 is 0 Å². The number of nitrogens with zero attached hydrogens (tertiary/aromatic N) is 2. The SMILES string of the molecule is CC(C)c1cc(CNC(=O)c2coc(COc3ccc(F)cc3)n2)on1. The lowest BCUT2D eigenvalue weighted by molar-refractivity contribution is 0.0942. The number of benzene rings is 1. The Hall–Kier alpha value is -3.16. The van der Waals surface area contributed by atoms with Gasteiger partial charge in [0.1, 0.15) is 17.8 Å². The molecule has 0 unspecified atom stereocenters. The molecule has 2 heterocycles. The summed E-state index contributed by atoms with van der Waals surface area (Å²) in [5.41, 5.74) is 0.960. The molecule has 0 radical (unpaired) electrons. The smallest absolute Gasteiger partial charge is 0.273 e. The average Bonchev–Trinajstić information content (AvgIpc) is 3.29. The summed E-state index contributed by atoms with van der Waals surface area (Å²) in [4.78, 5) is 16.2. The molecule has 26 heavy (non-hydrogen) atoms. The van der Waals surface area contributed by atoms with Crippen LogP contribution in [0.25, 0.3) is 0 Å². The van der Waals surface area contributed by atoms with Crippen LogP contribution in [0.15, 0.2) is 45.5 Å². The quantitative estimate of drug-likeness (QED) is 0.695. The van der Waals surface area contributed by atoms with Gasteiger partial charge in [-0.15, -0.1) is 0 Å². The molecule has 0 aliphatic carbocycles. The maximum Gasteiger partial charge on any atom is 0.273 e. The number of carbonyl (C=O) groups excluding carboxylic acids is 1. The molecule has 3 aromatic rings. The van der Waals surface area contributed by atoms with Crippen molar-refractivity contribution in [3.63, 3.8) is 0 Å². The molecule has 0 atom stereocenters. The Morgan fingerprint density at radius 3 is 2.77 bits per heavy atom. The maximum absolute atomic E-state index is 12.8. The Balaban J connectivity index is 1.51. The number of carbonyl (C=O) groups is 1. The molecule has 0 aliphatic heterocycles. The van der Waals surface area contributed by atoms with Crippen LogP contribution in [0.3, 0.4) is 0 Å². The lowest BCUT2D eigenvalue weighted by Gasteiger charge is -2.02. The predicted molar refractivity (Wildman–Crippen MR) is 89.0 cm³/mol. The molecule has 1 amide bonds. The Bertz CT molecular complexity index is 871. The first-order valence-electron chi connectivity index (χ1n) is 8.07. The van der Waals surface area contributed by atoms with Crippen LogP contribution >= 0.6 is 0 Å². The van der Waals surface area contributed by atoms with Crippen LogP contribution in [0, 0.1) is 5.82 Å². The van der Waals surface area contributed by atoms with Crippen molar-refractivity contribution in [2.75, 3.05) is 0 Å². The van der Waals surface area contributed by atoms with Gasteiger partial charge in [-0.1, -0.05) is 19.0 Å². The van der Waals surface area contributed by atoms with Gasteiger partial charge in [-0.05, 0) is 30.2 Å². The van der Waals surface area contributed by atoms with E-state index in [1.165, 1.54) is 30.5 Å². The zero-order valence-corrected chi connectivity index (χ0v) is 14.4. The van der Waals surface area contributed by atoms with Gasteiger partial charge in [0.15, 0.2) is 18.1 Å². The highest BCUT2D eigenvalue weighted by Gasteiger charge is 2.14.